The lowest BCUT2D eigenvalue weighted by Crippen LogP contribution is -2.17. The van der Waals surface area contributed by atoms with Gasteiger partial charge in [0.05, 0.1) is 0 Å². The molecule has 1 saturated heterocycles. The molecule has 1 aliphatic heterocycles. The van der Waals surface area contributed by atoms with Crippen molar-refractivity contribution in [2.45, 2.75) is 12.8 Å². The van der Waals surface area contributed by atoms with Crippen molar-refractivity contribution in [1.82, 2.24) is 4.98 Å². The average Bonchev–Trinajstić information content (AvgIpc) is 2.83. The third-order valence-corrected chi connectivity index (χ3v) is 3.47. The smallest absolute Gasteiger partial charge is 0.136 e. The van der Waals surface area contributed by atoms with Crippen molar-refractivity contribution < 1.29 is 0 Å². The van der Waals surface area contributed by atoms with Crippen LogP contribution in [0.15, 0.2) is 30.5 Å². The van der Waals surface area contributed by atoms with Crippen LogP contribution in [-0.2, 0) is 0 Å². The third-order valence-electron chi connectivity index (χ3n) is 3.17. The molecule has 0 saturated carbocycles. The highest BCUT2D eigenvalue weighted by Gasteiger charge is 2.12. The fourth-order valence-corrected chi connectivity index (χ4v) is 2.51. The van der Waals surface area contributed by atoms with Gasteiger partial charge in [0.15, 0.2) is 0 Å². The average molecular weight is 233 g/mol. The lowest BCUT2D eigenvalue weighted by Gasteiger charge is -2.18. The van der Waals surface area contributed by atoms with Crippen LogP contribution < -0.4 is 4.90 Å². The molecule has 2 heterocycles. The van der Waals surface area contributed by atoms with E-state index in [1.807, 2.05) is 6.07 Å². The number of aromatic nitrogens is 1. The Hall–Kier alpha value is -1.28. The Balaban J connectivity index is 2.10. The monoisotopic (exact) mass is 232 g/mol. The number of halogens is 1. The summed E-state index contributed by atoms with van der Waals surface area (Å²) in [5.74, 6) is 0. The van der Waals surface area contributed by atoms with Gasteiger partial charge in [0, 0.05) is 30.4 Å². The van der Waals surface area contributed by atoms with Gasteiger partial charge >= 0.3 is 0 Å². The van der Waals surface area contributed by atoms with Crippen LogP contribution in [-0.4, -0.2) is 18.1 Å². The van der Waals surface area contributed by atoms with Crippen molar-refractivity contribution in [2.75, 3.05) is 18.0 Å². The van der Waals surface area contributed by atoms with Crippen molar-refractivity contribution in [3.8, 4) is 0 Å². The lowest BCUT2D eigenvalue weighted by molar-refractivity contribution is 0.949. The van der Waals surface area contributed by atoms with Crippen molar-refractivity contribution >= 4 is 28.1 Å². The van der Waals surface area contributed by atoms with E-state index in [2.05, 4.69) is 28.1 Å². The van der Waals surface area contributed by atoms with Crippen molar-refractivity contribution in [2.24, 2.45) is 0 Å². The van der Waals surface area contributed by atoms with Crippen LogP contribution in [0.1, 0.15) is 12.8 Å². The number of fused-ring (bicyclic) bond motifs is 1. The third kappa shape index (κ3) is 1.63. The second-order valence-electron chi connectivity index (χ2n) is 4.20. The molecule has 2 nitrogen and oxygen atoms in total. The standard InChI is InChI=1S/C13H13ClN2/c14-13-12-9-11(16-7-1-2-8-16)4-3-10(12)5-6-15-13/h3-6,9H,1-2,7-8H2. The summed E-state index contributed by atoms with van der Waals surface area (Å²) in [6.07, 6.45) is 4.33. The number of hydrogen-bond acceptors (Lipinski definition) is 2. The predicted octanol–water partition coefficient (Wildman–Crippen LogP) is 3.49. The Morgan fingerprint density at radius 1 is 1.12 bits per heavy atom. The van der Waals surface area contributed by atoms with Gasteiger partial charge in [-0.3, -0.25) is 0 Å². The van der Waals surface area contributed by atoms with Gasteiger partial charge in [-0.05, 0) is 36.4 Å². The topological polar surface area (TPSA) is 16.1 Å². The molecule has 0 radical (unpaired) electrons. The Labute approximate surface area is 99.8 Å². The van der Waals surface area contributed by atoms with Crippen molar-refractivity contribution in [1.29, 1.82) is 0 Å². The second kappa shape index (κ2) is 3.95. The molecule has 0 unspecified atom stereocenters. The highest BCUT2D eigenvalue weighted by Crippen LogP contribution is 2.28. The molecule has 0 bridgehead atoms. The summed E-state index contributed by atoms with van der Waals surface area (Å²) >= 11 is 6.11. The Morgan fingerprint density at radius 3 is 2.75 bits per heavy atom. The molecular formula is C13H13ClN2. The maximum Gasteiger partial charge on any atom is 0.136 e. The highest BCUT2D eigenvalue weighted by molar-refractivity contribution is 6.34. The summed E-state index contributed by atoms with van der Waals surface area (Å²) in [5, 5.41) is 2.80. The predicted molar refractivity (Wildman–Crippen MR) is 68.2 cm³/mol. The summed E-state index contributed by atoms with van der Waals surface area (Å²) in [6.45, 7) is 2.31. The first-order valence-corrected chi connectivity index (χ1v) is 6.01. The van der Waals surface area contributed by atoms with Crippen LogP contribution >= 0.6 is 11.6 Å². The zero-order valence-electron chi connectivity index (χ0n) is 8.99. The second-order valence-corrected chi connectivity index (χ2v) is 4.56. The zero-order chi connectivity index (χ0) is 11.0. The maximum absolute atomic E-state index is 6.11. The fourth-order valence-electron chi connectivity index (χ4n) is 2.29. The molecule has 0 aliphatic carbocycles. The van der Waals surface area contributed by atoms with Crippen LogP contribution in [0.25, 0.3) is 10.8 Å². The summed E-state index contributed by atoms with van der Waals surface area (Å²) in [5.41, 5.74) is 1.26. The van der Waals surface area contributed by atoms with Gasteiger partial charge in [0.25, 0.3) is 0 Å². The summed E-state index contributed by atoms with van der Waals surface area (Å²) in [7, 11) is 0. The van der Waals surface area contributed by atoms with E-state index in [1.165, 1.54) is 18.5 Å². The van der Waals surface area contributed by atoms with Crippen molar-refractivity contribution in [3.05, 3.63) is 35.6 Å². The number of nitrogens with zero attached hydrogens (tertiary/aromatic N) is 2. The minimum atomic E-state index is 0.596. The zero-order valence-corrected chi connectivity index (χ0v) is 9.74. The van der Waals surface area contributed by atoms with Crippen LogP contribution in [0, 0.1) is 0 Å². The summed E-state index contributed by atoms with van der Waals surface area (Å²) in [4.78, 5) is 6.53. The van der Waals surface area contributed by atoms with E-state index in [4.69, 9.17) is 11.6 Å². The summed E-state index contributed by atoms with van der Waals surface area (Å²) in [6, 6.07) is 8.44. The molecule has 0 amide bonds. The Bertz CT molecular complexity index is 518. The van der Waals surface area contributed by atoms with E-state index in [1.54, 1.807) is 6.20 Å². The maximum atomic E-state index is 6.11. The molecule has 1 aliphatic rings. The minimum Gasteiger partial charge on any atom is -0.372 e. The molecule has 82 valence electrons. The van der Waals surface area contributed by atoms with E-state index in [9.17, 15) is 0 Å². The van der Waals surface area contributed by atoms with Gasteiger partial charge in [-0.2, -0.15) is 0 Å². The van der Waals surface area contributed by atoms with Gasteiger partial charge < -0.3 is 4.90 Å². The normalized spacial score (nSPS) is 15.9. The molecule has 3 rings (SSSR count). The Kier molecular flexibility index (Phi) is 2.44. The number of pyridine rings is 1. The van der Waals surface area contributed by atoms with E-state index in [-0.39, 0.29) is 0 Å². The SMILES string of the molecule is Clc1nccc2ccc(N3CCCC3)cc12. The first-order chi connectivity index (χ1) is 7.84. The van der Waals surface area contributed by atoms with Gasteiger partial charge in [0.1, 0.15) is 5.15 Å². The van der Waals surface area contributed by atoms with Gasteiger partial charge in [-0.15, -0.1) is 0 Å². The van der Waals surface area contributed by atoms with Gasteiger partial charge in [0.2, 0.25) is 0 Å². The molecule has 1 fully saturated rings. The van der Waals surface area contributed by atoms with Gasteiger partial charge in [-0.25, -0.2) is 4.98 Å². The van der Waals surface area contributed by atoms with Crippen molar-refractivity contribution in [3.63, 3.8) is 0 Å². The number of rotatable bonds is 1. The first kappa shape index (κ1) is 9.91. The molecule has 0 atom stereocenters. The van der Waals surface area contributed by atoms with E-state index < -0.39 is 0 Å². The van der Waals surface area contributed by atoms with E-state index >= 15 is 0 Å². The van der Waals surface area contributed by atoms with Crippen LogP contribution in [0.5, 0.6) is 0 Å². The lowest BCUT2D eigenvalue weighted by atomic mass is 10.1. The van der Waals surface area contributed by atoms with Crippen LogP contribution in [0.2, 0.25) is 5.15 Å². The molecule has 3 heteroatoms. The molecule has 1 aromatic heterocycles. The Morgan fingerprint density at radius 2 is 1.94 bits per heavy atom. The van der Waals surface area contributed by atoms with Gasteiger partial charge in [-0.1, -0.05) is 17.7 Å². The quantitative estimate of drug-likeness (QED) is 0.700. The molecule has 16 heavy (non-hydrogen) atoms. The van der Waals surface area contributed by atoms with E-state index in [0.717, 1.165) is 23.9 Å². The van der Waals surface area contributed by atoms with Crippen LogP contribution in [0.4, 0.5) is 5.69 Å². The molecule has 2 aromatic rings. The molecular weight excluding hydrogens is 220 g/mol. The number of hydrogen-bond donors (Lipinski definition) is 0. The number of benzene rings is 1. The highest BCUT2D eigenvalue weighted by atomic mass is 35.5. The molecule has 1 aromatic carbocycles. The fraction of sp³-hybridized carbons (Fsp3) is 0.308. The van der Waals surface area contributed by atoms with E-state index in [0.29, 0.717) is 5.15 Å². The number of anilines is 1. The summed E-state index contributed by atoms with van der Waals surface area (Å²) < 4.78 is 0. The largest absolute Gasteiger partial charge is 0.372 e. The first-order valence-electron chi connectivity index (χ1n) is 5.64. The van der Waals surface area contributed by atoms with Crippen LogP contribution in [0.3, 0.4) is 0 Å². The minimum absolute atomic E-state index is 0.596. The molecule has 0 N–H and O–H groups in total. The molecule has 0 spiro atoms.